The maximum Gasteiger partial charge on any atom is 0.173 e. The quantitative estimate of drug-likeness (QED) is 0.683. The number of ketones is 1. The molecule has 140 valence electrons. The maximum atomic E-state index is 13.6. The first kappa shape index (κ1) is 18.3. The largest absolute Gasteiger partial charge is 0.379 e. The molecule has 0 bridgehead atoms. The molecule has 1 aliphatic carbocycles. The molecular formula is C25H21FO2. The van der Waals surface area contributed by atoms with E-state index < -0.39 is 11.0 Å². The number of carbonyl (C=O) groups is 1. The fourth-order valence-electron chi connectivity index (χ4n) is 4.12. The van der Waals surface area contributed by atoms with E-state index in [4.69, 9.17) is 0 Å². The van der Waals surface area contributed by atoms with Crippen molar-refractivity contribution in [3.8, 4) is 0 Å². The van der Waals surface area contributed by atoms with E-state index in [1.54, 1.807) is 26.0 Å². The van der Waals surface area contributed by atoms with Crippen molar-refractivity contribution in [1.29, 1.82) is 0 Å². The van der Waals surface area contributed by atoms with E-state index >= 15 is 0 Å². The standard InChI is InChI=1S/C25H21FO2/c1-24(2)23(27)21(17-9-5-3-6-10-17)22(18-11-7-4-8-12-18)25(24,28)19-13-15-20(26)16-14-19/h3-16,28H,1-2H3. The van der Waals surface area contributed by atoms with Crippen molar-refractivity contribution in [3.05, 3.63) is 107 Å². The summed E-state index contributed by atoms with van der Waals surface area (Å²) in [6, 6.07) is 24.6. The van der Waals surface area contributed by atoms with Crippen LogP contribution < -0.4 is 0 Å². The topological polar surface area (TPSA) is 37.3 Å². The summed E-state index contributed by atoms with van der Waals surface area (Å²) < 4.78 is 13.6. The lowest BCUT2D eigenvalue weighted by atomic mass is 9.68. The molecule has 3 aromatic rings. The number of benzene rings is 3. The Morgan fingerprint density at radius 3 is 1.79 bits per heavy atom. The lowest BCUT2D eigenvalue weighted by molar-refractivity contribution is -0.129. The fraction of sp³-hybridized carbons (Fsp3) is 0.160. The van der Waals surface area contributed by atoms with E-state index in [0.29, 0.717) is 16.7 Å². The molecule has 1 atom stereocenters. The van der Waals surface area contributed by atoms with E-state index in [1.807, 2.05) is 60.7 Å². The molecule has 0 radical (unpaired) electrons. The fourth-order valence-corrected chi connectivity index (χ4v) is 4.12. The molecule has 0 fully saturated rings. The predicted octanol–water partition coefficient (Wildman–Crippen LogP) is 5.23. The summed E-state index contributed by atoms with van der Waals surface area (Å²) in [4.78, 5) is 13.6. The highest BCUT2D eigenvalue weighted by Crippen LogP contribution is 2.59. The van der Waals surface area contributed by atoms with Crippen molar-refractivity contribution in [2.45, 2.75) is 19.4 Å². The Morgan fingerprint density at radius 1 is 0.750 bits per heavy atom. The molecule has 1 unspecified atom stereocenters. The third-order valence-corrected chi connectivity index (χ3v) is 5.70. The molecule has 2 nitrogen and oxygen atoms in total. The van der Waals surface area contributed by atoms with E-state index in [0.717, 1.165) is 11.1 Å². The molecule has 0 spiro atoms. The Labute approximate surface area is 164 Å². The van der Waals surface area contributed by atoms with E-state index in [1.165, 1.54) is 12.1 Å². The van der Waals surface area contributed by atoms with Crippen molar-refractivity contribution in [3.63, 3.8) is 0 Å². The number of Topliss-reactive ketones (excluding diaryl/α,β-unsaturated/α-hetero) is 1. The zero-order valence-electron chi connectivity index (χ0n) is 15.8. The van der Waals surface area contributed by atoms with Crippen LogP contribution in [-0.4, -0.2) is 10.9 Å². The molecule has 0 amide bonds. The summed E-state index contributed by atoms with van der Waals surface area (Å²) in [5, 5.41) is 12.1. The van der Waals surface area contributed by atoms with Gasteiger partial charge in [0, 0.05) is 11.1 Å². The van der Waals surface area contributed by atoms with Gasteiger partial charge in [-0.2, -0.15) is 0 Å². The second-order valence-corrected chi connectivity index (χ2v) is 7.65. The van der Waals surface area contributed by atoms with Gasteiger partial charge in [0.25, 0.3) is 0 Å². The zero-order chi connectivity index (χ0) is 19.9. The first-order chi connectivity index (χ1) is 13.4. The lowest BCUT2D eigenvalue weighted by Gasteiger charge is -2.38. The minimum Gasteiger partial charge on any atom is -0.379 e. The molecule has 28 heavy (non-hydrogen) atoms. The summed E-state index contributed by atoms with van der Waals surface area (Å²) >= 11 is 0. The summed E-state index contributed by atoms with van der Waals surface area (Å²) in [6.45, 7) is 3.50. The Morgan fingerprint density at radius 2 is 1.25 bits per heavy atom. The molecule has 4 rings (SSSR count). The van der Waals surface area contributed by atoms with Gasteiger partial charge in [0.1, 0.15) is 11.4 Å². The Balaban J connectivity index is 2.09. The van der Waals surface area contributed by atoms with Gasteiger partial charge < -0.3 is 5.11 Å². The van der Waals surface area contributed by atoms with Gasteiger partial charge in [0.2, 0.25) is 0 Å². The van der Waals surface area contributed by atoms with Gasteiger partial charge in [0.15, 0.2) is 5.78 Å². The van der Waals surface area contributed by atoms with Crippen LogP contribution in [0, 0.1) is 11.2 Å². The lowest BCUT2D eigenvalue weighted by Crippen LogP contribution is -2.43. The molecule has 1 aliphatic rings. The molecule has 3 heteroatoms. The maximum absolute atomic E-state index is 13.6. The van der Waals surface area contributed by atoms with Crippen LogP contribution in [0.25, 0.3) is 11.1 Å². The van der Waals surface area contributed by atoms with Gasteiger partial charge in [0.05, 0.1) is 5.41 Å². The number of halogens is 1. The average molecular weight is 372 g/mol. The molecular weight excluding hydrogens is 351 g/mol. The number of hydrogen-bond acceptors (Lipinski definition) is 2. The highest BCUT2D eigenvalue weighted by Gasteiger charge is 2.59. The first-order valence-electron chi connectivity index (χ1n) is 9.26. The zero-order valence-corrected chi connectivity index (χ0v) is 15.8. The highest BCUT2D eigenvalue weighted by atomic mass is 19.1. The smallest absolute Gasteiger partial charge is 0.173 e. The molecule has 0 saturated carbocycles. The third kappa shape index (κ3) is 2.54. The van der Waals surface area contributed by atoms with Crippen LogP contribution >= 0.6 is 0 Å². The van der Waals surface area contributed by atoms with Crippen LogP contribution in [0.1, 0.15) is 30.5 Å². The van der Waals surface area contributed by atoms with E-state index in [2.05, 4.69) is 0 Å². The van der Waals surface area contributed by atoms with Crippen molar-refractivity contribution in [1.82, 2.24) is 0 Å². The van der Waals surface area contributed by atoms with Crippen molar-refractivity contribution >= 4 is 16.9 Å². The highest BCUT2D eigenvalue weighted by molar-refractivity contribution is 6.35. The Kier molecular flexibility index (Phi) is 4.28. The predicted molar refractivity (Wildman–Crippen MR) is 109 cm³/mol. The summed E-state index contributed by atoms with van der Waals surface area (Å²) in [5.41, 5.74) is 0.372. The number of aliphatic hydroxyl groups is 1. The first-order valence-corrected chi connectivity index (χ1v) is 9.26. The SMILES string of the molecule is CC1(C)C(=O)C(c2ccccc2)=C(c2ccccc2)C1(O)c1ccc(F)cc1. The monoisotopic (exact) mass is 372 g/mol. The average Bonchev–Trinajstić information content (AvgIpc) is 2.88. The molecule has 0 aliphatic heterocycles. The molecule has 3 aromatic carbocycles. The minimum atomic E-state index is -1.59. The van der Waals surface area contributed by atoms with Gasteiger partial charge in [-0.25, -0.2) is 4.39 Å². The normalized spacial score (nSPS) is 21.2. The summed E-state index contributed by atoms with van der Waals surface area (Å²) in [7, 11) is 0. The van der Waals surface area contributed by atoms with Crippen molar-refractivity contribution in [2.75, 3.05) is 0 Å². The Hall–Kier alpha value is -3.04. The van der Waals surface area contributed by atoms with Gasteiger partial charge in [-0.05, 0) is 42.7 Å². The van der Waals surface area contributed by atoms with Gasteiger partial charge >= 0.3 is 0 Å². The summed E-state index contributed by atoms with van der Waals surface area (Å²) in [5.74, 6) is -0.521. The van der Waals surface area contributed by atoms with E-state index in [-0.39, 0.29) is 11.6 Å². The number of carbonyl (C=O) groups excluding carboxylic acids is 1. The van der Waals surface area contributed by atoms with Crippen LogP contribution in [0.4, 0.5) is 4.39 Å². The van der Waals surface area contributed by atoms with Crippen LogP contribution in [0.5, 0.6) is 0 Å². The van der Waals surface area contributed by atoms with Gasteiger partial charge in [-0.15, -0.1) is 0 Å². The molecule has 0 heterocycles. The van der Waals surface area contributed by atoms with Crippen molar-refractivity contribution < 1.29 is 14.3 Å². The second kappa shape index (κ2) is 6.54. The van der Waals surface area contributed by atoms with Gasteiger partial charge in [-0.3, -0.25) is 4.79 Å². The number of allylic oxidation sites excluding steroid dienone is 1. The number of hydrogen-bond donors (Lipinski definition) is 1. The molecule has 0 aromatic heterocycles. The van der Waals surface area contributed by atoms with E-state index in [9.17, 15) is 14.3 Å². The Bertz CT molecular complexity index is 1050. The minimum absolute atomic E-state index is 0.135. The van der Waals surface area contributed by atoms with Crippen LogP contribution in [0.3, 0.4) is 0 Å². The molecule has 1 N–H and O–H groups in total. The summed E-state index contributed by atoms with van der Waals surface area (Å²) in [6.07, 6.45) is 0. The third-order valence-electron chi connectivity index (χ3n) is 5.70. The number of rotatable bonds is 3. The second-order valence-electron chi connectivity index (χ2n) is 7.65. The van der Waals surface area contributed by atoms with Crippen LogP contribution in [0.15, 0.2) is 84.9 Å². The van der Waals surface area contributed by atoms with Gasteiger partial charge in [-0.1, -0.05) is 72.8 Å². The molecule has 0 saturated heterocycles. The van der Waals surface area contributed by atoms with Crippen LogP contribution in [0.2, 0.25) is 0 Å². The van der Waals surface area contributed by atoms with Crippen LogP contribution in [-0.2, 0) is 10.4 Å². The van der Waals surface area contributed by atoms with Crippen molar-refractivity contribution in [2.24, 2.45) is 5.41 Å².